The normalized spacial score (nSPS) is 24.3. The fourth-order valence-electron chi connectivity index (χ4n) is 1.88. The standard InChI is InChI=1S/C13H18O2/c1-13(2)14-10-12(15-13)9-8-11-6-4-3-5-7-11/h3-7,12H,8-10H2,1-2H3/t12-/m0/s1. The lowest BCUT2D eigenvalue weighted by molar-refractivity contribution is -0.138. The molecular weight excluding hydrogens is 188 g/mol. The fraction of sp³-hybridized carbons (Fsp3) is 0.538. The van der Waals surface area contributed by atoms with Crippen LogP contribution in [0.1, 0.15) is 25.8 Å². The molecule has 0 bridgehead atoms. The maximum absolute atomic E-state index is 5.75. The summed E-state index contributed by atoms with van der Waals surface area (Å²) in [5.74, 6) is -0.388. The quantitative estimate of drug-likeness (QED) is 0.757. The van der Waals surface area contributed by atoms with Gasteiger partial charge in [0, 0.05) is 0 Å². The Labute approximate surface area is 91.2 Å². The summed E-state index contributed by atoms with van der Waals surface area (Å²) >= 11 is 0. The number of hydrogen-bond acceptors (Lipinski definition) is 2. The van der Waals surface area contributed by atoms with E-state index in [1.165, 1.54) is 5.56 Å². The molecule has 82 valence electrons. The first-order valence-electron chi connectivity index (χ1n) is 5.51. The van der Waals surface area contributed by atoms with Gasteiger partial charge >= 0.3 is 0 Å². The molecule has 1 atom stereocenters. The minimum absolute atomic E-state index is 0.250. The molecule has 2 nitrogen and oxygen atoms in total. The van der Waals surface area contributed by atoms with Gasteiger partial charge in [-0.25, -0.2) is 0 Å². The second-order valence-corrected chi connectivity index (χ2v) is 4.47. The highest BCUT2D eigenvalue weighted by atomic mass is 16.7. The van der Waals surface area contributed by atoms with E-state index in [-0.39, 0.29) is 11.9 Å². The Hall–Kier alpha value is -0.860. The first kappa shape index (κ1) is 10.7. The summed E-state index contributed by atoms with van der Waals surface area (Å²) in [7, 11) is 0. The molecule has 0 aliphatic carbocycles. The van der Waals surface area contributed by atoms with Crippen LogP contribution in [0.15, 0.2) is 30.3 Å². The first-order valence-corrected chi connectivity index (χ1v) is 5.51. The predicted molar refractivity (Wildman–Crippen MR) is 59.7 cm³/mol. The number of hydrogen-bond donors (Lipinski definition) is 0. The van der Waals surface area contributed by atoms with Gasteiger partial charge in [-0.15, -0.1) is 0 Å². The van der Waals surface area contributed by atoms with E-state index >= 15 is 0 Å². The third kappa shape index (κ3) is 3.05. The lowest BCUT2D eigenvalue weighted by Crippen LogP contribution is -2.21. The molecular formula is C13H18O2. The molecule has 1 fully saturated rings. The van der Waals surface area contributed by atoms with Gasteiger partial charge in [0.1, 0.15) is 0 Å². The van der Waals surface area contributed by atoms with Gasteiger partial charge in [-0.3, -0.25) is 0 Å². The zero-order valence-electron chi connectivity index (χ0n) is 9.40. The first-order chi connectivity index (χ1) is 7.16. The Morgan fingerprint density at radius 2 is 2.00 bits per heavy atom. The van der Waals surface area contributed by atoms with Crippen molar-refractivity contribution in [3.8, 4) is 0 Å². The Morgan fingerprint density at radius 1 is 1.27 bits per heavy atom. The average molecular weight is 206 g/mol. The van der Waals surface area contributed by atoms with E-state index in [9.17, 15) is 0 Å². The molecule has 0 aromatic heterocycles. The van der Waals surface area contributed by atoms with Gasteiger partial charge in [0.05, 0.1) is 12.7 Å². The molecule has 0 unspecified atom stereocenters. The summed E-state index contributed by atoms with van der Waals surface area (Å²) in [4.78, 5) is 0. The number of rotatable bonds is 3. The van der Waals surface area contributed by atoms with Gasteiger partial charge in [0.2, 0.25) is 0 Å². The van der Waals surface area contributed by atoms with Crippen molar-refractivity contribution >= 4 is 0 Å². The van der Waals surface area contributed by atoms with Crippen molar-refractivity contribution in [2.45, 2.75) is 38.6 Å². The summed E-state index contributed by atoms with van der Waals surface area (Å²) in [6.45, 7) is 4.66. The maximum atomic E-state index is 5.75. The van der Waals surface area contributed by atoms with Crippen LogP contribution in [0.3, 0.4) is 0 Å². The second kappa shape index (κ2) is 4.33. The Bertz CT molecular complexity index is 306. The molecule has 1 aromatic carbocycles. The van der Waals surface area contributed by atoms with Crippen LogP contribution in [0.25, 0.3) is 0 Å². The molecule has 2 heteroatoms. The number of aryl methyl sites for hydroxylation is 1. The van der Waals surface area contributed by atoms with E-state index in [2.05, 4.69) is 24.3 Å². The average Bonchev–Trinajstić information content (AvgIpc) is 2.57. The summed E-state index contributed by atoms with van der Waals surface area (Å²) < 4.78 is 11.3. The van der Waals surface area contributed by atoms with Gasteiger partial charge in [0.25, 0.3) is 0 Å². The van der Waals surface area contributed by atoms with E-state index in [0.717, 1.165) is 19.4 Å². The summed E-state index contributed by atoms with van der Waals surface area (Å²) in [5.41, 5.74) is 1.37. The summed E-state index contributed by atoms with van der Waals surface area (Å²) in [6.07, 6.45) is 2.35. The van der Waals surface area contributed by atoms with Gasteiger partial charge < -0.3 is 9.47 Å². The van der Waals surface area contributed by atoms with Crippen molar-refractivity contribution in [2.75, 3.05) is 6.61 Å². The number of benzene rings is 1. The van der Waals surface area contributed by atoms with Gasteiger partial charge in [-0.1, -0.05) is 30.3 Å². The summed E-state index contributed by atoms with van der Waals surface area (Å²) in [6, 6.07) is 10.5. The minimum atomic E-state index is -0.388. The van der Waals surface area contributed by atoms with Gasteiger partial charge in [0.15, 0.2) is 5.79 Å². The number of ether oxygens (including phenoxy) is 2. The molecule has 1 aromatic rings. The highest BCUT2D eigenvalue weighted by Gasteiger charge is 2.31. The highest BCUT2D eigenvalue weighted by Crippen LogP contribution is 2.24. The van der Waals surface area contributed by atoms with Gasteiger partial charge in [-0.05, 0) is 32.3 Å². The van der Waals surface area contributed by atoms with Crippen LogP contribution in [0, 0.1) is 0 Å². The van der Waals surface area contributed by atoms with Crippen LogP contribution in [-0.4, -0.2) is 18.5 Å². The van der Waals surface area contributed by atoms with E-state index in [4.69, 9.17) is 9.47 Å². The Balaban J connectivity index is 1.80. The van der Waals surface area contributed by atoms with Crippen molar-refractivity contribution in [3.63, 3.8) is 0 Å². The molecule has 1 aliphatic rings. The minimum Gasteiger partial charge on any atom is -0.348 e. The molecule has 0 amide bonds. The van der Waals surface area contributed by atoms with Crippen molar-refractivity contribution < 1.29 is 9.47 Å². The highest BCUT2D eigenvalue weighted by molar-refractivity contribution is 5.14. The lowest BCUT2D eigenvalue weighted by Gasteiger charge is -2.16. The van der Waals surface area contributed by atoms with Crippen LogP contribution in [-0.2, 0) is 15.9 Å². The topological polar surface area (TPSA) is 18.5 Å². The van der Waals surface area contributed by atoms with Crippen molar-refractivity contribution in [1.82, 2.24) is 0 Å². The molecule has 1 saturated heterocycles. The van der Waals surface area contributed by atoms with Gasteiger partial charge in [-0.2, -0.15) is 0 Å². The van der Waals surface area contributed by atoms with Crippen LogP contribution in [0.4, 0.5) is 0 Å². The van der Waals surface area contributed by atoms with E-state index in [0.29, 0.717) is 0 Å². The van der Waals surface area contributed by atoms with E-state index in [1.807, 2.05) is 19.9 Å². The van der Waals surface area contributed by atoms with Crippen LogP contribution < -0.4 is 0 Å². The molecule has 1 aliphatic heterocycles. The molecule has 2 rings (SSSR count). The molecule has 0 spiro atoms. The zero-order chi connectivity index (χ0) is 10.7. The third-order valence-corrected chi connectivity index (χ3v) is 2.67. The molecule has 15 heavy (non-hydrogen) atoms. The maximum Gasteiger partial charge on any atom is 0.163 e. The van der Waals surface area contributed by atoms with Crippen LogP contribution in [0.5, 0.6) is 0 Å². The smallest absolute Gasteiger partial charge is 0.163 e. The molecule has 0 N–H and O–H groups in total. The molecule has 0 saturated carbocycles. The van der Waals surface area contributed by atoms with E-state index < -0.39 is 0 Å². The third-order valence-electron chi connectivity index (χ3n) is 2.67. The monoisotopic (exact) mass is 206 g/mol. The Kier molecular flexibility index (Phi) is 3.08. The zero-order valence-corrected chi connectivity index (χ0v) is 9.40. The lowest BCUT2D eigenvalue weighted by atomic mass is 10.1. The van der Waals surface area contributed by atoms with Crippen molar-refractivity contribution in [1.29, 1.82) is 0 Å². The summed E-state index contributed by atoms with van der Waals surface area (Å²) in [5, 5.41) is 0. The Morgan fingerprint density at radius 3 is 2.60 bits per heavy atom. The molecule has 1 heterocycles. The fourth-order valence-corrected chi connectivity index (χ4v) is 1.88. The van der Waals surface area contributed by atoms with Crippen LogP contribution >= 0.6 is 0 Å². The van der Waals surface area contributed by atoms with Crippen molar-refractivity contribution in [2.24, 2.45) is 0 Å². The van der Waals surface area contributed by atoms with E-state index in [1.54, 1.807) is 0 Å². The largest absolute Gasteiger partial charge is 0.348 e. The predicted octanol–water partition coefficient (Wildman–Crippen LogP) is 2.77. The SMILES string of the molecule is CC1(C)OC[C@H](CCc2ccccc2)O1. The van der Waals surface area contributed by atoms with Crippen molar-refractivity contribution in [3.05, 3.63) is 35.9 Å². The molecule has 0 radical (unpaired) electrons. The van der Waals surface area contributed by atoms with Crippen LogP contribution in [0.2, 0.25) is 0 Å². The second-order valence-electron chi connectivity index (χ2n) is 4.47.